The van der Waals surface area contributed by atoms with Crippen LogP contribution in [0.3, 0.4) is 0 Å². The highest BCUT2D eigenvalue weighted by Gasteiger charge is 2.44. The van der Waals surface area contributed by atoms with Gasteiger partial charge in [-0.25, -0.2) is 0 Å². The third kappa shape index (κ3) is 3.16. The second-order valence-corrected chi connectivity index (χ2v) is 5.88. The average Bonchev–Trinajstić information content (AvgIpc) is 2.78. The molecule has 0 aromatic rings. The summed E-state index contributed by atoms with van der Waals surface area (Å²) in [6.45, 7) is 9.39. The van der Waals surface area contributed by atoms with Gasteiger partial charge in [-0.2, -0.15) is 0 Å². The maximum Gasteiger partial charge on any atom is 0.0125 e. The lowest BCUT2D eigenvalue weighted by Crippen LogP contribution is -2.42. The van der Waals surface area contributed by atoms with E-state index in [1.54, 1.807) is 0 Å². The van der Waals surface area contributed by atoms with Crippen molar-refractivity contribution in [3.05, 3.63) is 0 Å². The van der Waals surface area contributed by atoms with Crippen LogP contribution in [0.25, 0.3) is 0 Å². The van der Waals surface area contributed by atoms with Gasteiger partial charge in [0.25, 0.3) is 0 Å². The van der Waals surface area contributed by atoms with Crippen molar-refractivity contribution in [1.82, 2.24) is 10.2 Å². The molecule has 0 amide bonds. The summed E-state index contributed by atoms with van der Waals surface area (Å²) in [7, 11) is 0. The monoisotopic (exact) mass is 211 g/mol. The number of hydrogen-bond donors (Lipinski definition) is 2. The van der Waals surface area contributed by atoms with E-state index in [2.05, 4.69) is 24.1 Å². The molecule has 88 valence electrons. The highest BCUT2D eigenvalue weighted by Crippen LogP contribution is 2.44. The van der Waals surface area contributed by atoms with Crippen LogP contribution in [0.2, 0.25) is 0 Å². The first-order valence-electron chi connectivity index (χ1n) is 6.29. The van der Waals surface area contributed by atoms with Crippen LogP contribution in [-0.4, -0.2) is 43.2 Å². The fourth-order valence-corrected chi connectivity index (χ4v) is 2.39. The van der Waals surface area contributed by atoms with Crippen molar-refractivity contribution in [2.75, 3.05) is 26.2 Å². The van der Waals surface area contributed by atoms with Crippen LogP contribution in [0.1, 0.15) is 33.1 Å². The smallest absolute Gasteiger partial charge is 0.0125 e. The Hall–Kier alpha value is -0.120. The molecule has 1 saturated carbocycles. The van der Waals surface area contributed by atoms with Crippen molar-refractivity contribution in [2.45, 2.75) is 45.2 Å². The molecule has 3 nitrogen and oxygen atoms in total. The van der Waals surface area contributed by atoms with Crippen molar-refractivity contribution in [3.8, 4) is 0 Å². The molecule has 3 heteroatoms. The van der Waals surface area contributed by atoms with Gasteiger partial charge in [0.1, 0.15) is 0 Å². The van der Waals surface area contributed by atoms with Crippen molar-refractivity contribution in [2.24, 2.45) is 11.1 Å². The Morgan fingerprint density at radius 3 is 2.47 bits per heavy atom. The molecule has 0 radical (unpaired) electrons. The van der Waals surface area contributed by atoms with Crippen molar-refractivity contribution >= 4 is 0 Å². The second-order valence-electron chi connectivity index (χ2n) is 5.88. The molecule has 0 bridgehead atoms. The van der Waals surface area contributed by atoms with Crippen molar-refractivity contribution < 1.29 is 0 Å². The zero-order valence-electron chi connectivity index (χ0n) is 10.1. The first-order chi connectivity index (χ1) is 7.08. The van der Waals surface area contributed by atoms with Crippen LogP contribution in [0.5, 0.6) is 0 Å². The molecule has 0 spiro atoms. The summed E-state index contributed by atoms with van der Waals surface area (Å²) in [5.41, 5.74) is 6.44. The number of likely N-dealkylation sites (tertiary alicyclic amines) is 1. The van der Waals surface area contributed by atoms with Crippen LogP contribution < -0.4 is 11.1 Å². The largest absolute Gasteiger partial charge is 0.328 e. The summed E-state index contributed by atoms with van der Waals surface area (Å²) in [6, 6.07) is 1.22. The second kappa shape index (κ2) is 4.40. The molecule has 1 unspecified atom stereocenters. The zero-order chi connectivity index (χ0) is 10.9. The highest BCUT2D eigenvalue weighted by atomic mass is 15.2. The Labute approximate surface area is 93.4 Å². The van der Waals surface area contributed by atoms with Gasteiger partial charge in [-0.1, -0.05) is 13.8 Å². The number of nitrogens with one attached hydrogen (secondary N) is 1. The molecular weight excluding hydrogens is 186 g/mol. The van der Waals surface area contributed by atoms with Gasteiger partial charge < -0.3 is 16.0 Å². The third-order valence-electron chi connectivity index (χ3n) is 3.96. The Morgan fingerprint density at radius 2 is 1.93 bits per heavy atom. The summed E-state index contributed by atoms with van der Waals surface area (Å²) in [5, 5.41) is 3.63. The number of rotatable bonds is 4. The van der Waals surface area contributed by atoms with Crippen molar-refractivity contribution in [1.29, 1.82) is 0 Å². The van der Waals surface area contributed by atoms with Gasteiger partial charge in [0, 0.05) is 25.2 Å². The van der Waals surface area contributed by atoms with Gasteiger partial charge in [-0.15, -0.1) is 0 Å². The number of hydrogen-bond acceptors (Lipinski definition) is 3. The van der Waals surface area contributed by atoms with Crippen LogP contribution in [0.4, 0.5) is 0 Å². The molecule has 1 saturated heterocycles. The topological polar surface area (TPSA) is 41.3 Å². The molecule has 0 aromatic heterocycles. The third-order valence-corrected chi connectivity index (χ3v) is 3.96. The average molecular weight is 211 g/mol. The Kier molecular flexibility index (Phi) is 3.33. The summed E-state index contributed by atoms with van der Waals surface area (Å²) in [5.74, 6) is 0. The van der Waals surface area contributed by atoms with E-state index in [1.165, 1.54) is 38.9 Å². The van der Waals surface area contributed by atoms with Crippen LogP contribution in [0.15, 0.2) is 0 Å². The Bertz CT molecular complexity index is 207. The minimum absolute atomic E-state index is 0.455. The normalized spacial score (nSPS) is 31.8. The van der Waals surface area contributed by atoms with Gasteiger partial charge in [-0.05, 0) is 37.8 Å². The van der Waals surface area contributed by atoms with Gasteiger partial charge in [-0.3, -0.25) is 0 Å². The fourth-order valence-electron chi connectivity index (χ4n) is 2.39. The van der Waals surface area contributed by atoms with E-state index in [0.717, 1.165) is 12.6 Å². The molecular formula is C12H25N3. The van der Waals surface area contributed by atoms with E-state index in [0.29, 0.717) is 11.5 Å². The van der Waals surface area contributed by atoms with E-state index >= 15 is 0 Å². The minimum atomic E-state index is 0.455. The van der Waals surface area contributed by atoms with E-state index in [4.69, 9.17) is 5.73 Å². The number of nitrogens with zero attached hydrogens (tertiary/aromatic N) is 1. The number of nitrogens with two attached hydrogens (primary N) is 1. The van der Waals surface area contributed by atoms with Gasteiger partial charge >= 0.3 is 0 Å². The quantitative estimate of drug-likeness (QED) is 0.722. The van der Waals surface area contributed by atoms with Gasteiger partial charge in [0.05, 0.1) is 0 Å². The zero-order valence-corrected chi connectivity index (χ0v) is 10.1. The first-order valence-corrected chi connectivity index (χ1v) is 6.29. The SMILES string of the molecule is CC1(C)CC1NCCN1CCC(N)CC1. The molecule has 2 aliphatic rings. The van der Waals surface area contributed by atoms with E-state index in [9.17, 15) is 0 Å². The molecule has 1 aliphatic heterocycles. The van der Waals surface area contributed by atoms with E-state index in [1.807, 2.05) is 0 Å². The maximum absolute atomic E-state index is 5.88. The lowest BCUT2D eigenvalue weighted by atomic mass is 10.1. The molecule has 2 rings (SSSR count). The van der Waals surface area contributed by atoms with Crippen molar-refractivity contribution in [3.63, 3.8) is 0 Å². The molecule has 1 heterocycles. The summed E-state index contributed by atoms with van der Waals surface area (Å²) < 4.78 is 0. The summed E-state index contributed by atoms with van der Waals surface area (Å²) in [6.07, 6.45) is 3.70. The molecule has 1 aliphatic carbocycles. The molecule has 2 fully saturated rings. The fraction of sp³-hybridized carbons (Fsp3) is 1.00. The predicted molar refractivity (Wildman–Crippen MR) is 63.8 cm³/mol. The minimum Gasteiger partial charge on any atom is -0.328 e. The van der Waals surface area contributed by atoms with Crippen LogP contribution in [0, 0.1) is 5.41 Å². The predicted octanol–water partition coefficient (Wildman–Crippen LogP) is 0.798. The molecule has 3 N–H and O–H groups in total. The summed E-state index contributed by atoms with van der Waals surface area (Å²) >= 11 is 0. The standard InChI is InChI=1S/C12H25N3/c1-12(2)9-11(12)14-5-8-15-6-3-10(13)4-7-15/h10-11,14H,3-9,13H2,1-2H3. The van der Waals surface area contributed by atoms with Crippen LogP contribution >= 0.6 is 0 Å². The molecule has 0 aromatic carbocycles. The highest BCUT2D eigenvalue weighted by molar-refractivity contribution is 5.01. The summed E-state index contributed by atoms with van der Waals surface area (Å²) in [4.78, 5) is 2.53. The Balaban J connectivity index is 1.55. The van der Waals surface area contributed by atoms with Gasteiger partial charge in [0.2, 0.25) is 0 Å². The lowest BCUT2D eigenvalue weighted by Gasteiger charge is -2.30. The van der Waals surface area contributed by atoms with E-state index < -0.39 is 0 Å². The first kappa shape index (κ1) is 11.4. The number of piperidine rings is 1. The van der Waals surface area contributed by atoms with Gasteiger partial charge in [0.15, 0.2) is 0 Å². The Morgan fingerprint density at radius 1 is 1.33 bits per heavy atom. The lowest BCUT2D eigenvalue weighted by molar-refractivity contribution is 0.213. The molecule has 1 atom stereocenters. The van der Waals surface area contributed by atoms with Crippen LogP contribution in [-0.2, 0) is 0 Å². The van der Waals surface area contributed by atoms with E-state index in [-0.39, 0.29) is 0 Å². The maximum atomic E-state index is 5.88. The molecule has 15 heavy (non-hydrogen) atoms.